The molecule has 41 heavy (non-hydrogen) atoms. The fraction of sp³-hybridized carbons (Fsp3) is 0.212. The highest BCUT2D eigenvalue weighted by Gasteiger charge is 2.37. The van der Waals surface area contributed by atoms with Gasteiger partial charge in [-0.15, -0.1) is 0 Å². The molecule has 4 aromatic rings. The molecule has 1 atom stereocenters. The van der Waals surface area contributed by atoms with E-state index in [-0.39, 0.29) is 11.8 Å². The molecule has 1 unspecified atom stereocenters. The van der Waals surface area contributed by atoms with Gasteiger partial charge in [0.2, 0.25) is 0 Å². The number of hydrogen-bond acceptors (Lipinski definition) is 6. The van der Waals surface area contributed by atoms with Crippen LogP contribution in [0.2, 0.25) is 0 Å². The van der Waals surface area contributed by atoms with Crippen LogP contribution in [0.1, 0.15) is 44.9 Å². The molecule has 2 N–H and O–H groups in total. The predicted molar refractivity (Wildman–Crippen MR) is 159 cm³/mol. The van der Waals surface area contributed by atoms with E-state index in [1.165, 1.54) is 0 Å². The summed E-state index contributed by atoms with van der Waals surface area (Å²) >= 11 is 0. The third-order valence-electron chi connectivity index (χ3n) is 6.96. The van der Waals surface area contributed by atoms with Crippen LogP contribution in [0.25, 0.3) is 0 Å². The number of carbonyl (C=O) groups is 2. The third kappa shape index (κ3) is 5.96. The maximum absolute atomic E-state index is 13.5. The molecular weight excluding hydrogens is 518 g/mol. The van der Waals surface area contributed by atoms with Crippen molar-refractivity contribution in [2.24, 2.45) is 0 Å². The van der Waals surface area contributed by atoms with Crippen molar-refractivity contribution in [2.45, 2.75) is 19.5 Å². The van der Waals surface area contributed by atoms with Gasteiger partial charge >= 0.3 is 0 Å². The number of rotatable bonds is 11. The van der Waals surface area contributed by atoms with Gasteiger partial charge in [0.1, 0.15) is 11.9 Å². The first-order valence-electron chi connectivity index (χ1n) is 13.5. The summed E-state index contributed by atoms with van der Waals surface area (Å²) in [6, 6.07) is 28.1. The Kier molecular flexibility index (Phi) is 8.39. The molecule has 210 valence electrons. The molecule has 8 heteroatoms. The summed E-state index contributed by atoms with van der Waals surface area (Å²) in [6.07, 6.45) is 0.196. The maximum Gasteiger partial charge on any atom is 0.260 e. The second-order valence-electron chi connectivity index (χ2n) is 9.51. The van der Waals surface area contributed by atoms with E-state index in [1.807, 2.05) is 85.8 Å². The zero-order chi connectivity index (χ0) is 28.8. The molecule has 5 rings (SSSR count). The Morgan fingerprint density at radius 1 is 0.878 bits per heavy atom. The van der Waals surface area contributed by atoms with Crippen molar-refractivity contribution >= 4 is 23.2 Å². The normalized spacial score (nSPS) is 13.9. The zero-order valence-electron chi connectivity index (χ0n) is 23.3. The van der Waals surface area contributed by atoms with Gasteiger partial charge < -0.3 is 24.8 Å². The third-order valence-corrected chi connectivity index (χ3v) is 6.96. The van der Waals surface area contributed by atoms with Crippen molar-refractivity contribution < 1.29 is 23.8 Å². The molecule has 4 aromatic carbocycles. The minimum absolute atomic E-state index is 0.0914. The van der Waals surface area contributed by atoms with Gasteiger partial charge in [-0.3, -0.25) is 14.5 Å². The lowest BCUT2D eigenvalue weighted by molar-refractivity contribution is 0.0952. The van der Waals surface area contributed by atoms with Gasteiger partial charge in [-0.05, 0) is 79.6 Å². The molecule has 0 bridgehead atoms. The van der Waals surface area contributed by atoms with Crippen LogP contribution in [0.4, 0.5) is 11.4 Å². The molecule has 0 radical (unpaired) electrons. The number of anilines is 2. The highest BCUT2D eigenvalue weighted by Crippen LogP contribution is 2.38. The monoisotopic (exact) mass is 551 g/mol. The van der Waals surface area contributed by atoms with E-state index in [2.05, 4.69) is 10.6 Å². The van der Waals surface area contributed by atoms with Gasteiger partial charge in [-0.1, -0.05) is 30.3 Å². The molecule has 1 aliphatic heterocycles. The molecule has 8 nitrogen and oxygen atoms in total. The average molecular weight is 552 g/mol. The fourth-order valence-corrected chi connectivity index (χ4v) is 4.96. The SMILES string of the molecule is CCOc1ccc(N2C(=O)c3ccccc3C2Nc2cccc(C(=O)NCCc3ccc(OC)c(OC)c3)c2)cc1. The molecular formula is C33H33N3O5. The van der Waals surface area contributed by atoms with Crippen LogP contribution in [0.3, 0.4) is 0 Å². The topological polar surface area (TPSA) is 89.1 Å². The van der Waals surface area contributed by atoms with Crippen LogP contribution >= 0.6 is 0 Å². The number of amides is 2. The Bertz CT molecular complexity index is 1540. The first-order chi connectivity index (χ1) is 20.0. The lowest BCUT2D eigenvalue weighted by Gasteiger charge is -2.27. The number of nitrogens with zero attached hydrogens (tertiary/aromatic N) is 1. The number of methoxy groups -OCH3 is 2. The van der Waals surface area contributed by atoms with Gasteiger partial charge in [0.25, 0.3) is 11.8 Å². The minimum atomic E-state index is -0.444. The smallest absolute Gasteiger partial charge is 0.260 e. The van der Waals surface area contributed by atoms with Gasteiger partial charge in [0, 0.05) is 34.6 Å². The molecule has 0 fully saturated rings. The van der Waals surface area contributed by atoms with Gasteiger partial charge in [-0.2, -0.15) is 0 Å². The molecule has 0 aliphatic carbocycles. The molecule has 0 spiro atoms. The molecule has 0 aromatic heterocycles. The van der Waals surface area contributed by atoms with Crippen molar-refractivity contribution in [3.05, 3.63) is 113 Å². The van der Waals surface area contributed by atoms with Crippen LogP contribution in [0, 0.1) is 0 Å². The van der Waals surface area contributed by atoms with Crippen molar-refractivity contribution in [3.63, 3.8) is 0 Å². The van der Waals surface area contributed by atoms with Crippen LogP contribution < -0.4 is 29.7 Å². The number of benzene rings is 4. The molecule has 2 amide bonds. The number of hydrogen-bond donors (Lipinski definition) is 2. The molecule has 0 saturated heterocycles. The van der Waals surface area contributed by atoms with E-state index in [0.717, 1.165) is 28.3 Å². The summed E-state index contributed by atoms with van der Waals surface area (Å²) in [5.74, 6) is 1.79. The highest BCUT2D eigenvalue weighted by molar-refractivity contribution is 6.11. The summed E-state index contributed by atoms with van der Waals surface area (Å²) in [5, 5.41) is 6.48. The van der Waals surface area contributed by atoms with E-state index in [4.69, 9.17) is 14.2 Å². The van der Waals surface area contributed by atoms with E-state index in [0.29, 0.717) is 42.2 Å². The maximum atomic E-state index is 13.5. The largest absolute Gasteiger partial charge is 0.494 e. The second kappa shape index (κ2) is 12.5. The van der Waals surface area contributed by atoms with Crippen molar-refractivity contribution in [1.82, 2.24) is 5.32 Å². The van der Waals surface area contributed by atoms with Crippen molar-refractivity contribution in [1.29, 1.82) is 0 Å². The van der Waals surface area contributed by atoms with Crippen LogP contribution in [-0.4, -0.2) is 39.2 Å². The first kappa shape index (κ1) is 27.6. The summed E-state index contributed by atoms with van der Waals surface area (Å²) in [4.78, 5) is 28.2. The Hall–Kier alpha value is -4.98. The minimum Gasteiger partial charge on any atom is -0.494 e. The van der Waals surface area contributed by atoms with Crippen molar-refractivity contribution in [3.8, 4) is 17.2 Å². The summed E-state index contributed by atoms with van der Waals surface area (Å²) in [5.41, 5.74) is 4.53. The lowest BCUT2D eigenvalue weighted by atomic mass is 10.1. The van der Waals surface area contributed by atoms with E-state index in [1.54, 1.807) is 31.3 Å². The Morgan fingerprint density at radius 3 is 2.41 bits per heavy atom. The average Bonchev–Trinajstić information content (AvgIpc) is 3.28. The fourth-order valence-electron chi connectivity index (χ4n) is 4.96. The van der Waals surface area contributed by atoms with Gasteiger partial charge in [0.15, 0.2) is 11.5 Å². The summed E-state index contributed by atoms with van der Waals surface area (Å²) in [7, 11) is 3.20. The molecule has 1 heterocycles. The molecule has 1 aliphatic rings. The Labute approximate surface area is 239 Å². The van der Waals surface area contributed by atoms with E-state index >= 15 is 0 Å². The van der Waals surface area contributed by atoms with Crippen LogP contribution in [0.5, 0.6) is 17.2 Å². The first-order valence-corrected chi connectivity index (χ1v) is 13.5. The predicted octanol–water partition coefficient (Wildman–Crippen LogP) is 5.85. The quantitative estimate of drug-likeness (QED) is 0.243. The number of ether oxygens (including phenoxy) is 3. The summed E-state index contributed by atoms with van der Waals surface area (Å²) in [6.45, 7) is 2.96. The van der Waals surface area contributed by atoms with Crippen LogP contribution in [0.15, 0.2) is 91.0 Å². The Balaban J connectivity index is 1.30. The number of nitrogens with one attached hydrogen (secondary N) is 2. The molecule has 0 saturated carbocycles. The van der Waals surface area contributed by atoms with E-state index in [9.17, 15) is 9.59 Å². The van der Waals surface area contributed by atoms with Crippen LogP contribution in [-0.2, 0) is 6.42 Å². The van der Waals surface area contributed by atoms with Crippen molar-refractivity contribution in [2.75, 3.05) is 37.6 Å². The second-order valence-corrected chi connectivity index (χ2v) is 9.51. The lowest BCUT2D eigenvalue weighted by Crippen LogP contribution is -2.32. The highest BCUT2D eigenvalue weighted by atomic mass is 16.5. The number of fused-ring (bicyclic) bond motifs is 1. The summed E-state index contributed by atoms with van der Waals surface area (Å²) < 4.78 is 16.2. The standard InChI is InChI=1S/C33H33N3O5/c1-4-41-26-15-13-25(14-16-26)36-31(27-10-5-6-11-28(27)33(36)38)35-24-9-7-8-23(21-24)32(37)34-19-18-22-12-17-29(39-2)30(20-22)40-3/h5-17,20-21,31,35H,4,18-19H2,1-3H3,(H,34,37). The van der Waals surface area contributed by atoms with Gasteiger partial charge in [0.05, 0.1) is 20.8 Å². The zero-order valence-corrected chi connectivity index (χ0v) is 23.3. The number of carbonyl (C=O) groups excluding carboxylic acids is 2. The van der Waals surface area contributed by atoms with E-state index < -0.39 is 6.17 Å². The Morgan fingerprint density at radius 2 is 1.66 bits per heavy atom. The van der Waals surface area contributed by atoms with Gasteiger partial charge in [-0.25, -0.2) is 0 Å².